The molecule has 28 heavy (non-hydrogen) atoms. The summed E-state index contributed by atoms with van der Waals surface area (Å²) < 4.78 is 10.7. The minimum atomic E-state index is -0.444. The molecule has 0 aromatic heterocycles. The second kappa shape index (κ2) is 8.91. The van der Waals surface area contributed by atoms with Gasteiger partial charge in [0.2, 0.25) is 11.8 Å². The van der Waals surface area contributed by atoms with Gasteiger partial charge in [-0.05, 0) is 36.4 Å². The lowest BCUT2D eigenvalue weighted by atomic mass is 10.1. The Labute approximate surface area is 163 Å². The molecule has 1 aliphatic rings. The van der Waals surface area contributed by atoms with Gasteiger partial charge in [0.1, 0.15) is 24.2 Å². The number of rotatable bonds is 7. The number of nitrogens with one attached hydrogen (secondary N) is 1. The minimum absolute atomic E-state index is 0.130. The van der Waals surface area contributed by atoms with Crippen LogP contribution in [0.25, 0.3) is 0 Å². The second-order valence-electron chi connectivity index (χ2n) is 6.35. The number of nitriles is 1. The van der Waals surface area contributed by atoms with Gasteiger partial charge < -0.3 is 19.7 Å². The number of benzene rings is 2. The lowest BCUT2D eigenvalue weighted by molar-refractivity contribution is -0.126. The van der Waals surface area contributed by atoms with Crippen molar-refractivity contribution in [3.8, 4) is 17.6 Å². The predicted octanol–water partition coefficient (Wildman–Crippen LogP) is 2.11. The van der Waals surface area contributed by atoms with Crippen molar-refractivity contribution >= 4 is 17.5 Å². The van der Waals surface area contributed by atoms with Crippen LogP contribution in [0, 0.1) is 17.2 Å². The van der Waals surface area contributed by atoms with Crippen molar-refractivity contribution in [3.63, 3.8) is 0 Å². The molecule has 0 spiro atoms. The SMILES string of the molecule is COc1ccc(OCCNC(=O)C2CC(=O)N(c3ccccc3C#N)C2)cc1. The first-order valence-corrected chi connectivity index (χ1v) is 8.96. The summed E-state index contributed by atoms with van der Waals surface area (Å²) in [5, 5.41) is 12.0. The molecule has 1 atom stereocenters. The van der Waals surface area contributed by atoms with Crippen molar-refractivity contribution in [2.45, 2.75) is 6.42 Å². The Hall–Kier alpha value is -3.53. The average molecular weight is 379 g/mol. The van der Waals surface area contributed by atoms with E-state index in [1.54, 1.807) is 55.6 Å². The Kier molecular flexibility index (Phi) is 6.12. The summed E-state index contributed by atoms with van der Waals surface area (Å²) in [4.78, 5) is 26.2. The van der Waals surface area contributed by atoms with Gasteiger partial charge in [-0.3, -0.25) is 9.59 Å². The van der Waals surface area contributed by atoms with Crippen LogP contribution >= 0.6 is 0 Å². The van der Waals surface area contributed by atoms with Gasteiger partial charge in [-0.1, -0.05) is 12.1 Å². The molecule has 2 aromatic carbocycles. The van der Waals surface area contributed by atoms with Crippen LogP contribution in [0.2, 0.25) is 0 Å². The summed E-state index contributed by atoms with van der Waals surface area (Å²) in [6.07, 6.45) is 0.130. The van der Waals surface area contributed by atoms with Gasteiger partial charge in [-0.15, -0.1) is 0 Å². The summed E-state index contributed by atoms with van der Waals surface area (Å²) in [5.41, 5.74) is 0.970. The molecule has 1 fully saturated rings. The van der Waals surface area contributed by atoms with Gasteiger partial charge in [0.05, 0.1) is 30.8 Å². The third-order valence-electron chi connectivity index (χ3n) is 4.54. The molecule has 3 rings (SSSR count). The predicted molar refractivity (Wildman–Crippen MR) is 103 cm³/mol. The average Bonchev–Trinajstić information content (AvgIpc) is 3.13. The number of carbonyl (C=O) groups is 2. The molecule has 7 heteroatoms. The van der Waals surface area contributed by atoms with Crippen molar-refractivity contribution in [2.24, 2.45) is 5.92 Å². The van der Waals surface area contributed by atoms with Crippen LogP contribution < -0.4 is 19.7 Å². The minimum Gasteiger partial charge on any atom is -0.497 e. The first kappa shape index (κ1) is 19.2. The summed E-state index contributed by atoms with van der Waals surface area (Å²) in [7, 11) is 1.60. The third-order valence-corrected chi connectivity index (χ3v) is 4.54. The van der Waals surface area contributed by atoms with Gasteiger partial charge in [-0.2, -0.15) is 5.26 Å². The van der Waals surface area contributed by atoms with Crippen molar-refractivity contribution < 1.29 is 19.1 Å². The van der Waals surface area contributed by atoms with E-state index in [0.29, 0.717) is 30.2 Å². The molecular formula is C21H21N3O4. The van der Waals surface area contributed by atoms with E-state index in [1.165, 1.54) is 4.90 Å². The number of ether oxygens (including phenoxy) is 2. The Bertz CT molecular complexity index is 889. The fourth-order valence-electron chi connectivity index (χ4n) is 3.08. The highest BCUT2D eigenvalue weighted by Gasteiger charge is 2.35. The molecule has 7 nitrogen and oxygen atoms in total. The van der Waals surface area contributed by atoms with Crippen LogP contribution in [-0.2, 0) is 9.59 Å². The smallest absolute Gasteiger partial charge is 0.227 e. The number of methoxy groups -OCH3 is 1. The van der Waals surface area contributed by atoms with Crippen LogP contribution in [0.15, 0.2) is 48.5 Å². The molecule has 1 heterocycles. The molecular weight excluding hydrogens is 358 g/mol. The highest BCUT2D eigenvalue weighted by Crippen LogP contribution is 2.27. The maximum atomic E-state index is 12.4. The highest BCUT2D eigenvalue weighted by atomic mass is 16.5. The molecule has 1 N–H and O–H groups in total. The number of anilines is 1. The summed E-state index contributed by atoms with van der Waals surface area (Å²) >= 11 is 0. The van der Waals surface area contributed by atoms with E-state index in [1.807, 2.05) is 0 Å². The van der Waals surface area contributed by atoms with Gasteiger partial charge in [0, 0.05) is 13.0 Å². The Morgan fingerprint density at radius 1 is 1.21 bits per heavy atom. The number of carbonyl (C=O) groups excluding carboxylic acids is 2. The second-order valence-corrected chi connectivity index (χ2v) is 6.35. The molecule has 0 radical (unpaired) electrons. The normalized spacial score (nSPS) is 15.8. The van der Waals surface area contributed by atoms with Crippen LogP contribution in [0.1, 0.15) is 12.0 Å². The van der Waals surface area contributed by atoms with Gasteiger partial charge >= 0.3 is 0 Å². The molecule has 144 valence electrons. The summed E-state index contributed by atoms with van der Waals surface area (Å²) in [6.45, 7) is 0.923. The largest absolute Gasteiger partial charge is 0.497 e. The monoisotopic (exact) mass is 379 g/mol. The zero-order chi connectivity index (χ0) is 19.9. The van der Waals surface area contributed by atoms with E-state index in [2.05, 4.69) is 11.4 Å². The van der Waals surface area contributed by atoms with E-state index >= 15 is 0 Å². The topological polar surface area (TPSA) is 91.7 Å². The molecule has 1 unspecified atom stereocenters. The van der Waals surface area contributed by atoms with E-state index in [4.69, 9.17) is 9.47 Å². The zero-order valence-electron chi connectivity index (χ0n) is 15.6. The van der Waals surface area contributed by atoms with Crippen molar-refractivity contribution in [3.05, 3.63) is 54.1 Å². The summed E-state index contributed by atoms with van der Waals surface area (Å²) in [5.74, 6) is 0.639. The fourth-order valence-corrected chi connectivity index (χ4v) is 3.08. The van der Waals surface area contributed by atoms with Crippen molar-refractivity contribution in [2.75, 3.05) is 31.7 Å². The number of hydrogen-bond donors (Lipinski definition) is 1. The lowest BCUT2D eigenvalue weighted by Crippen LogP contribution is -2.35. The van der Waals surface area contributed by atoms with Gasteiger partial charge in [-0.25, -0.2) is 0 Å². The Morgan fingerprint density at radius 3 is 2.64 bits per heavy atom. The van der Waals surface area contributed by atoms with E-state index in [9.17, 15) is 14.9 Å². The molecule has 0 bridgehead atoms. The zero-order valence-corrected chi connectivity index (χ0v) is 15.6. The van der Waals surface area contributed by atoms with Crippen LogP contribution in [0.5, 0.6) is 11.5 Å². The van der Waals surface area contributed by atoms with E-state index in [0.717, 1.165) is 5.75 Å². The first-order valence-electron chi connectivity index (χ1n) is 8.96. The fraction of sp³-hybridized carbons (Fsp3) is 0.286. The number of para-hydroxylation sites is 1. The number of amides is 2. The molecule has 1 aliphatic heterocycles. The number of hydrogen-bond acceptors (Lipinski definition) is 5. The number of nitrogens with zero attached hydrogens (tertiary/aromatic N) is 2. The third kappa shape index (κ3) is 4.41. The maximum Gasteiger partial charge on any atom is 0.227 e. The molecule has 0 aliphatic carbocycles. The van der Waals surface area contributed by atoms with Crippen molar-refractivity contribution in [1.82, 2.24) is 5.32 Å². The molecule has 2 aromatic rings. The van der Waals surface area contributed by atoms with Gasteiger partial charge in [0.25, 0.3) is 0 Å². The first-order chi connectivity index (χ1) is 13.6. The van der Waals surface area contributed by atoms with E-state index < -0.39 is 5.92 Å². The Balaban J connectivity index is 1.48. The van der Waals surface area contributed by atoms with Gasteiger partial charge in [0.15, 0.2) is 0 Å². The summed E-state index contributed by atoms with van der Waals surface area (Å²) in [6, 6.07) is 16.2. The maximum absolute atomic E-state index is 12.4. The van der Waals surface area contributed by atoms with E-state index in [-0.39, 0.29) is 24.8 Å². The van der Waals surface area contributed by atoms with Crippen molar-refractivity contribution in [1.29, 1.82) is 5.26 Å². The quantitative estimate of drug-likeness (QED) is 0.744. The lowest BCUT2D eigenvalue weighted by Gasteiger charge is -2.18. The molecule has 1 saturated heterocycles. The van der Waals surface area contributed by atoms with Crippen LogP contribution in [-0.4, -0.2) is 38.6 Å². The Morgan fingerprint density at radius 2 is 1.93 bits per heavy atom. The molecule has 0 saturated carbocycles. The van der Waals surface area contributed by atoms with Crippen LogP contribution in [0.4, 0.5) is 5.69 Å². The van der Waals surface area contributed by atoms with Crippen LogP contribution in [0.3, 0.4) is 0 Å². The highest BCUT2D eigenvalue weighted by molar-refractivity contribution is 6.01. The molecule has 2 amide bonds. The standard InChI is InChI=1S/C21H21N3O4/c1-27-17-6-8-18(9-7-17)28-11-10-23-21(26)16-12-20(25)24(14-16)19-5-3-2-4-15(19)13-22/h2-9,16H,10-12,14H2,1H3,(H,23,26).